The topological polar surface area (TPSA) is 151 Å². The second-order valence-electron chi connectivity index (χ2n) is 11.0. The van der Waals surface area contributed by atoms with Crippen LogP contribution < -0.4 is 16.0 Å². The molecule has 0 aromatic heterocycles. The molecule has 0 saturated carbocycles. The van der Waals surface area contributed by atoms with E-state index >= 15 is 0 Å². The molecule has 1 fully saturated rings. The van der Waals surface area contributed by atoms with Crippen molar-refractivity contribution in [2.24, 2.45) is 17.8 Å². The van der Waals surface area contributed by atoms with Gasteiger partial charge in [0.1, 0.15) is 12.6 Å². The molecule has 3 N–H and O–H groups in total. The number of esters is 1. The number of nitrogens with zero attached hydrogens (tertiary/aromatic N) is 1. The Morgan fingerprint density at radius 1 is 0.976 bits per heavy atom. The molecule has 11 nitrogen and oxygen atoms in total. The molecule has 1 saturated heterocycles. The lowest BCUT2D eigenvalue weighted by molar-refractivity contribution is -0.144. The molecule has 1 aliphatic heterocycles. The molecule has 5 amide bonds. The largest absolute Gasteiger partial charge is 0.461 e. The number of benzene rings is 1. The molecule has 1 aromatic carbocycles. The number of hydrogen-bond donors (Lipinski definition) is 3. The fourth-order valence-electron chi connectivity index (χ4n) is 4.41. The van der Waals surface area contributed by atoms with Gasteiger partial charge in [0.15, 0.2) is 0 Å². The van der Waals surface area contributed by atoms with Gasteiger partial charge in [0.05, 0.1) is 6.54 Å². The lowest BCUT2D eigenvalue weighted by Gasteiger charge is -2.21. The first kappa shape index (κ1) is 33.4. The first-order chi connectivity index (χ1) is 19.4. The molecular weight excluding hydrogens is 528 g/mol. The van der Waals surface area contributed by atoms with Crippen LogP contribution in [0.25, 0.3) is 0 Å². The molecule has 41 heavy (non-hydrogen) atoms. The van der Waals surface area contributed by atoms with Crippen LogP contribution >= 0.6 is 0 Å². The average Bonchev–Trinajstić information content (AvgIpc) is 3.22. The third-order valence-electron chi connectivity index (χ3n) is 6.98. The first-order valence-corrected chi connectivity index (χ1v) is 14.4. The Kier molecular flexibility index (Phi) is 13.5. The zero-order valence-electron chi connectivity index (χ0n) is 24.8. The highest BCUT2D eigenvalue weighted by Crippen LogP contribution is 2.26. The van der Waals surface area contributed by atoms with Crippen LogP contribution in [0.3, 0.4) is 0 Å². The number of hydrogen-bond acceptors (Lipinski definition) is 7. The van der Waals surface area contributed by atoms with Gasteiger partial charge >= 0.3 is 5.97 Å². The van der Waals surface area contributed by atoms with E-state index in [0.717, 1.165) is 5.56 Å². The molecular formula is C30H44N4O7. The summed E-state index contributed by atoms with van der Waals surface area (Å²) >= 11 is 0. The fourth-order valence-corrected chi connectivity index (χ4v) is 4.41. The standard InChI is InChI=1S/C30H44N4O7/c1-6-27(38)41-18-21-11-13-22(14-12-21)32-25(36)17-31-29(39)28(20(4)5)33-24(35)10-8-7-9-15-34-26(37)16-23(19(2)3)30(34)40/h11-14,19-20,23,28H,6-10,15-18H2,1-5H3,(H,31,39)(H,32,36)(H,33,35). The minimum atomic E-state index is -0.798. The van der Waals surface area contributed by atoms with Crippen molar-refractivity contribution < 1.29 is 33.5 Å². The van der Waals surface area contributed by atoms with Crippen molar-refractivity contribution in [3.63, 3.8) is 0 Å². The number of imide groups is 1. The second-order valence-corrected chi connectivity index (χ2v) is 11.0. The van der Waals surface area contributed by atoms with E-state index in [1.54, 1.807) is 45.0 Å². The van der Waals surface area contributed by atoms with Gasteiger partial charge in [-0.1, -0.05) is 53.2 Å². The van der Waals surface area contributed by atoms with Crippen LogP contribution in [0.15, 0.2) is 24.3 Å². The Morgan fingerprint density at radius 3 is 2.24 bits per heavy atom. The fraction of sp³-hybridized carbons (Fsp3) is 0.600. The molecule has 1 aromatic rings. The molecule has 0 aliphatic carbocycles. The molecule has 1 aliphatic rings. The van der Waals surface area contributed by atoms with Crippen LogP contribution in [0.4, 0.5) is 5.69 Å². The number of unbranched alkanes of at least 4 members (excludes halogenated alkanes) is 2. The van der Waals surface area contributed by atoms with Crippen LogP contribution in [-0.4, -0.2) is 59.5 Å². The van der Waals surface area contributed by atoms with Crippen molar-refractivity contribution >= 4 is 41.2 Å². The minimum Gasteiger partial charge on any atom is -0.461 e. The van der Waals surface area contributed by atoms with Crippen molar-refractivity contribution in [2.45, 2.75) is 85.8 Å². The van der Waals surface area contributed by atoms with E-state index in [-0.39, 0.29) is 67.4 Å². The summed E-state index contributed by atoms with van der Waals surface area (Å²) in [6, 6.07) is 6.02. The van der Waals surface area contributed by atoms with Crippen LogP contribution in [-0.2, 0) is 40.1 Å². The van der Waals surface area contributed by atoms with Crippen LogP contribution in [0.5, 0.6) is 0 Å². The predicted molar refractivity (Wildman–Crippen MR) is 153 cm³/mol. The summed E-state index contributed by atoms with van der Waals surface area (Å²) in [5, 5.41) is 8.01. The van der Waals surface area contributed by atoms with E-state index in [0.29, 0.717) is 37.9 Å². The van der Waals surface area contributed by atoms with Gasteiger partial charge in [-0.2, -0.15) is 0 Å². The van der Waals surface area contributed by atoms with E-state index in [1.807, 2.05) is 13.8 Å². The van der Waals surface area contributed by atoms with Crippen molar-refractivity contribution in [1.82, 2.24) is 15.5 Å². The number of ether oxygens (including phenoxy) is 1. The van der Waals surface area contributed by atoms with Gasteiger partial charge in [-0.15, -0.1) is 0 Å². The van der Waals surface area contributed by atoms with Crippen molar-refractivity contribution in [3.05, 3.63) is 29.8 Å². The maximum absolute atomic E-state index is 12.7. The highest BCUT2D eigenvalue weighted by atomic mass is 16.5. The summed E-state index contributed by atoms with van der Waals surface area (Å²) in [6.07, 6.45) is 2.62. The Bertz CT molecular complexity index is 1080. The van der Waals surface area contributed by atoms with Crippen LogP contribution in [0.1, 0.15) is 78.7 Å². The molecule has 1 heterocycles. The second kappa shape index (κ2) is 16.5. The van der Waals surface area contributed by atoms with Crippen molar-refractivity contribution in [3.8, 4) is 0 Å². The van der Waals surface area contributed by atoms with Gasteiger partial charge in [-0.25, -0.2) is 0 Å². The minimum absolute atomic E-state index is 0.105. The zero-order chi connectivity index (χ0) is 30.5. The molecule has 0 radical (unpaired) electrons. The van der Waals surface area contributed by atoms with Crippen molar-refractivity contribution in [1.29, 1.82) is 0 Å². The number of anilines is 1. The zero-order valence-corrected chi connectivity index (χ0v) is 24.8. The number of carbonyl (C=O) groups is 6. The number of amides is 5. The molecule has 0 spiro atoms. The van der Waals surface area contributed by atoms with Gasteiger partial charge in [-0.3, -0.25) is 33.7 Å². The predicted octanol–water partition coefficient (Wildman–Crippen LogP) is 2.93. The van der Waals surface area contributed by atoms with E-state index < -0.39 is 17.9 Å². The maximum atomic E-state index is 12.7. The number of carbonyl (C=O) groups excluding carboxylic acids is 6. The SMILES string of the molecule is CCC(=O)OCc1ccc(NC(=O)CNC(=O)C(NC(=O)CCCCCN2C(=O)CC(C(C)C)C2=O)C(C)C)cc1. The Morgan fingerprint density at radius 2 is 1.66 bits per heavy atom. The maximum Gasteiger partial charge on any atom is 0.305 e. The molecule has 2 rings (SSSR count). The Hall–Kier alpha value is -3.76. The summed E-state index contributed by atoms with van der Waals surface area (Å²) in [7, 11) is 0. The quantitative estimate of drug-likeness (QED) is 0.157. The lowest BCUT2D eigenvalue weighted by Crippen LogP contribution is -2.51. The van der Waals surface area contributed by atoms with Gasteiger partial charge in [0, 0.05) is 37.4 Å². The normalized spacial score (nSPS) is 15.7. The summed E-state index contributed by atoms with van der Waals surface area (Å²) in [5.74, 6) is -1.99. The monoisotopic (exact) mass is 572 g/mol. The highest BCUT2D eigenvalue weighted by molar-refractivity contribution is 6.03. The summed E-state index contributed by atoms with van der Waals surface area (Å²) in [6.45, 7) is 9.45. The van der Waals surface area contributed by atoms with Crippen LogP contribution in [0, 0.1) is 17.8 Å². The number of likely N-dealkylation sites (tertiary alicyclic amines) is 1. The van der Waals surface area contributed by atoms with Gasteiger partial charge in [0.2, 0.25) is 29.5 Å². The van der Waals surface area contributed by atoms with Gasteiger partial charge in [-0.05, 0) is 42.4 Å². The summed E-state index contributed by atoms with van der Waals surface area (Å²) in [5.41, 5.74) is 1.31. The Balaban J connectivity index is 1.70. The molecule has 11 heteroatoms. The first-order valence-electron chi connectivity index (χ1n) is 14.4. The third-order valence-corrected chi connectivity index (χ3v) is 6.98. The highest BCUT2D eigenvalue weighted by Gasteiger charge is 2.39. The number of nitrogens with one attached hydrogen (secondary N) is 3. The van der Waals surface area contributed by atoms with E-state index in [9.17, 15) is 28.8 Å². The number of rotatable bonds is 16. The van der Waals surface area contributed by atoms with Gasteiger partial charge in [0.25, 0.3) is 0 Å². The van der Waals surface area contributed by atoms with Crippen LogP contribution in [0.2, 0.25) is 0 Å². The molecule has 2 unspecified atom stereocenters. The van der Waals surface area contributed by atoms with E-state index in [4.69, 9.17) is 4.74 Å². The third kappa shape index (κ3) is 11.0. The van der Waals surface area contributed by atoms with E-state index in [1.165, 1.54) is 4.90 Å². The summed E-state index contributed by atoms with van der Waals surface area (Å²) < 4.78 is 5.07. The van der Waals surface area contributed by atoms with Crippen molar-refractivity contribution in [2.75, 3.05) is 18.4 Å². The van der Waals surface area contributed by atoms with Gasteiger partial charge < -0.3 is 20.7 Å². The van der Waals surface area contributed by atoms with E-state index in [2.05, 4.69) is 16.0 Å². The molecule has 226 valence electrons. The molecule has 2 atom stereocenters. The Labute approximate surface area is 242 Å². The smallest absolute Gasteiger partial charge is 0.305 e. The lowest BCUT2D eigenvalue weighted by atomic mass is 9.94. The molecule has 0 bridgehead atoms. The average molecular weight is 573 g/mol. The summed E-state index contributed by atoms with van der Waals surface area (Å²) in [4.78, 5) is 74.7.